The van der Waals surface area contributed by atoms with Gasteiger partial charge in [0.1, 0.15) is 0 Å². The summed E-state index contributed by atoms with van der Waals surface area (Å²) in [6.45, 7) is 1.15. The summed E-state index contributed by atoms with van der Waals surface area (Å²) in [7, 11) is -3.07. The molecule has 0 bridgehead atoms. The molecule has 1 amide bonds. The van der Waals surface area contributed by atoms with Gasteiger partial charge in [0.15, 0.2) is 15.7 Å². The van der Waals surface area contributed by atoms with Gasteiger partial charge in [-0.05, 0) is 19.3 Å². The van der Waals surface area contributed by atoms with Crippen LogP contribution in [0.1, 0.15) is 19.3 Å². The van der Waals surface area contributed by atoms with Crippen molar-refractivity contribution < 1.29 is 17.9 Å². The fraction of sp³-hybridized carbons (Fsp3) is 0.526. The van der Waals surface area contributed by atoms with E-state index in [4.69, 9.17) is 4.74 Å². The molecule has 0 aliphatic carbocycles. The van der Waals surface area contributed by atoms with Gasteiger partial charge in [-0.3, -0.25) is 9.89 Å². The molecule has 3 heterocycles. The third-order valence-electron chi connectivity index (χ3n) is 5.23. The predicted molar refractivity (Wildman–Crippen MR) is 110 cm³/mol. The second-order valence-corrected chi connectivity index (χ2v) is 10.5. The maximum absolute atomic E-state index is 13.0. The topological polar surface area (TPSA) is 105 Å². The Morgan fingerprint density at radius 2 is 2.10 bits per heavy atom. The molecule has 2 aliphatic heterocycles. The Hall–Kier alpha value is -1.91. The number of aromatic nitrogens is 3. The number of amides is 1. The number of benzene rings is 1. The quantitative estimate of drug-likeness (QED) is 0.659. The molecule has 2 aromatic rings. The van der Waals surface area contributed by atoms with E-state index in [9.17, 15) is 13.2 Å². The third kappa shape index (κ3) is 5.18. The molecule has 2 saturated heterocycles. The molecule has 4 rings (SSSR count). The van der Waals surface area contributed by atoms with Crippen LogP contribution in [0.5, 0.6) is 0 Å². The van der Waals surface area contributed by atoms with Crippen molar-refractivity contribution in [2.75, 3.05) is 30.4 Å². The Balaban J connectivity index is 1.40. The summed E-state index contributed by atoms with van der Waals surface area (Å²) in [4.78, 5) is 19.1. The van der Waals surface area contributed by atoms with Gasteiger partial charge < -0.3 is 9.64 Å². The molecule has 2 atom stereocenters. The lowest BCUT2D eigenvalue weighted by Crippen LogP contribution is -2.46. The normalized spacial score (nSPS) is 23.3. The second kappa shape index (κ2) is 8.85. The Labute approximate surface area is 174 Å². The molecule has 1 aromatic carbocycles. The van der Waals surface area contributed by atoms with Gasteiger partial charge in [-0.15, -0.1) is 5.10 Å². The first-order chi connectivity index (χ1) is 14.0. The fourth-order valence-corrected chi connectivity index (χ4v) is 6.14. The average Bonchev–Trinajstić information content (AvgIpc) is 3.46. The maximum Gasteiger partial charge on any atom is 0.233 e. The molecule has 0 spiro atoms. The number of aromatic amines is 1. The van der Waals surface area contributed by atoms with Crippen molar-refractivity contribution in [3.63, 3.8) is 0 Å². The van der Waals surface area contributed by atoms with E-state index in [1.807, 2.05) is 30.3 Å². The van der Waals surface area contributed by atoms with E-state index < -0.39 is 9.84 Å². The summed E-state index contributed by atoms with van der Waals surface area (Å²) in [5, 5.41) is 7.57. The number of sulfone groups is 1. The van der Waals surface area contributed by atoms with Gasteiger partial charge in [0.2, 0.25) is 11.1 Å². The number of hydrogen-bond donors (Lipinski definition) is 1. The standard InChI is InChI=1S/C19H24N4O4S2/c24-17(12-28-19-20-18(21-22-19)14-5-2-1-3-6-14)23(11-16-7-4-9-27-16)15-8-10-29(25,26)13-15/h1-3,5-6,15-16H,4,7-13H2,(H,20,21,22)/t15-,16+/m0/s1. The van der Waals surface area contributed by atoms with E-state index >= 15 is 0 Å². The summed E-state index contributed by atoms with van der Waals surface area (Å²) in [6.07, 6.45) is 2.35. The Kier molecular flexibility index (Phi) is 6.21. The number of carbonyl (C=O) groups excluding carboxylic acids is 1. The number of H-pyrrole nitrogens is 1. The highest BCUT2D eigenvalue weighted by molar-refractivity contribution is 7.99. The lowest BCUT2D eigenvalue weighted by molar-refractivity contribution is -0.131. The van der Waals surface area contributed by atoms with Crippen molar-refractivity contribution in [1.29, 1.82) is 0 Å². The number of ether oxygens (including phenoxy) is 1. The van der Waals surface area contributed by atoms with Gasteiger partial charge in [0.05, 0.1) is 23.4 Å². The van der Waals surface area contributed by atoms with Gasteiger partial charge in [-0.2, -0.15) is 0 Å². The molecule has 2 aliphatic rings. The zero-order chi connectivity index (χ0) is 20.3. The highest BCUT2D eigenvalue weighted by Gasteiger charge is 2.36. The number of hydrogen-bond acceptors (Lipinski definition) is 7. The molecule has 0 unspecified atom stereocenters. The first kappa shape index (κ1) is 20.4. The fourth-order valence-electron chi connectivity index (χ4n) is 3.73. The molecule has 0 radical (unpaired) electrons. The van der Waals surface area contributed by atoms with Crippen LogP contribution in [-0.2, 0) is 19.4 Å². The van der Waals surface area contributed by atoms with E-state index in [-0.39, 0.29) is 35.3 Å². The van der Waals surface area contributed by atoms with Crippen molar-refractivity contribution in [2.45, 2.75) is 36.6 Å². The minimum Gasteiger partial charge on any atom is -0.376 e. The van der Waals surface area contributed by atoms with Crippen LogP contribution < -0.4 is 0 Å². The van der Waals surface area contributed by atoms with Crippen molar-refractivity contribution in [1.82, 2.24) is 20.1 Å². The number of nitrogens with one attached hydrogen (secondary N) is 1. The minimum atomic E-state index is -3.07. The highest BCUT2D eigenvalue weighted by atomic mass is 32.2. The lowest BCUT2D eigenvalue weighted by Gasteiger charge is -2.30. The summed E-state index contributed by atoms with van der Waals surface area (Å²) in [5.41, 5.74) is 0.925. The van der Waals surface area contributed by atoms with Gasteiger partial charge in [0, 0.05) is 24.8 Å². The molecule has 8 nitrogen and oxygen atoms in total. The molecular formula is C19H24N4O4S2. The van der Waals surface area contributed by atoms with Crippen LogP contribution in [0.4, 0.5) is 0 Å². The van der Waals surface area contributed by atoms with Gasteiger partial charge >= 0.3 is 0 Å². The number of thioether (sulfide) groups is 1. The molecule has 1 N–H and O–H groups in total. The summed E-state index contributed by atoms with van der Waals surface area (Å²) in [5.74, 6) is 0.892. The summed E-state index contributed by atoms with van der Waals surface area (Å²) >= 11 is 1.25. The van der Waals surface area contributed by atoms with E-state index in [2.05, 4.69) is 15.2 Å². The van der Waals surface area contributed by atoms with E-state index in [0.29, 0.717) is 30.6 Å². The molecule has 10 heteroatoms. The van der Waals surface area contributed by atoms with Crippen LogP contribution in [0.25, 0.3) is 11.4 Å². The molecule has 1 aromatic heterocycles. The number of rotatable bonds is 7. The van der Waals surface area contributed by atoms with Crippen LogP contribution in [0.3, 0.4) is 0 Å². The maximum atomic E-state index is 13.0. The van der Waals surface area contributed by atoms with Gasteiger partial charge in [-0.25, -0.2) is 13.4 Å². The van der Waals surface area contributed by atoms with Gasteiger partial charge in [0.25, 0.3) is 0 Å². The van der Waals surface area contributed by atoms with E-state index in [0.717, 1.165) is 18.4 Å². The van der Waals surface area contributed by atoms with Crippen molar-refractivity contribution in [3.8, 4) is 11.4 Å². The van der Waals surface area contributed by atoms with Crippen LogP contribution in [0.15, 0.2) is 35.5 Å². The molecule has 0 saturated carbocycles. The van der Waals surface area contributed by atoms with Gasteiger partial charge in [-0.1, -0.05) is 42.1 Å². The van der Waals surface area contributed by atoms with Crippen molar-refractivity contribution >= 4 is 27.5 Å². The summed E-state index contributed by atoms with van der Waals surface area (Å²) in [6, 6.07) is 9.37. The SMILES string of the molecule is O=C(CSc1n[nH]c(-c2ccccc2)n1)N(C[C@H]1CCCO1)[C@H]1CCS(=O)(=O)C1. The first-order valence-electron chi connectivity index (χ1n) is 9.72. The zero-order valence-electron chi connectivity index (χ0n) is 16.0. The Morgan fingerprint density at radius 3 is 2.79 bits per heavy atom. The smallest absolute Gasteiger partial charge is 0.233 e. The van der Waals surface area contributed by atoms with Crippen molar-refractivity contribution in [2.24, 2.45) is 0 Å². The van der Waals surface area contributed by atoms with Crippen LogP contribution >= 0.6 is 11.8 Å². The van der Waals surface area contributed by atoms with Crippen LogP contribution in [0, 0.1) is 0 Å². The monoisotopic (exact) mass is 436 g/mol. The molecule has 29 heavy (non-hydrogen) atoms. The number of nitrogens with zero attached hydrogens (tertiary/aromatic N) is 3. The zero-order valence-corrected chi connectivity index (χ0v) is 17.6. The second-order valence-electron chi connectivity index (χ2n) is 7.36. The lowest BCUT2D eigenvalue weighted by atomic mass is 10.1. The summed E-state index contributed by atoms with van der Waals surface area (Å²) < 4.78 is 29.5. The first-order valence-corrected chi connectivity index (χ1v) is 12.5. The average molecular weight is 437 g/mol. The van der Waals surface area contributed by atoms with Crippen molar-refractivity contribution in [3.05, 3.63) is 30.3 Å². The Bertz CT molecular complexity index is 942. The predicted octanol–water partition coefficient (Wildman–Crippen LogP) is 1.76. The largest absolute Gasteiger partial charge is 0.376 e. The van der Waals surface area contributed by atoms with E-state index in [1.165, 1.54) is 11.8 Å². The Morgan fingerprint density at radius 1 is 1.28 bits per heavy atom. The molecule has 2 fully saturated rings. The van der Waals surface area contributed by atoms with Crippen LogP contribution in [-0.4, -0.2) is 77.0 Å². The van der Waals surface area contributed by atoms with E-state index in [1.54, 1.807) is 4.90 Å². The third-order valence-corrected chi connectivity index (χ3v) is 7.81. The highest BCUT2D eigenvalue weighted by Crippen LogP contribution is 2.24. The molecule has 156 valence electrons. The number of carbonyl (C=O) groups is 1. The minimum absolute atomic E-state index is 0.0135. The molecular weight excluding hydrogens is 412 g/mol. The van der Waals surface area contributed by atoms with Crippen LogP contribution in [0.2, 0.25) is 0 Å².